The highest BCUT2D eigenvalue weighted by atomic mass is 19.1. The number of H-pyrrole nitrogens is 1. The number of halogens is 1. The fourth-order valence-corrected chi connectivity index (χ4v) is 3.14. The number of ether oxygens (including phenoxy) is 1. The van der Waals surface area contributed by atoms with E-state index in [2.05, 4.69) is 10.3 Å². The molecule has 2 N–H and O–H groups in total. The van der Waals surface area contributed by atoms with Crippen LogP contribution < -0.4 is 10.1 Å². The van der Waals surface area contributed by atoms with Gasteiger partial charge < -0.3 is 19.9 Å². The molecule has 0 saturated carbocycles. The Balaban J connectivity index is 1.38. The van der Waals surface area contributed by atoms with Crippen LogP contribution in [-0.4, -0.2) is 41.4 Å². The highest BCUT2D eigenvalue weighted by Crippen LogP contribution is 2.24. The topological polar surface area (TPSA) is 74.4 Å². The van der Waals surface area contributed by atoms with Crippen molar-refractivity contribution in [2.24, 2.45) is 0 Å². The van der Waals surface area contributed by atoms with Crippen LogP contribution in [0.25, 0.3) is 10.9 Å². The summed E-state index contributed by atoms with van der Waals surface area (Å²) in [6.45, 7) is 0.754. The van der Waals surface area contributed by atoms with Crippen molar-refractivity contribution in [1.82, 2.24) is 15.2 Å². The number of aromatic amines is 1. The van der Waals surface area contributed by atoms with E-state index < -0.39 is 0 Å². The molecular formula is C20H18FN3O3. The molecule has 0 spiro atoms. The summed E-state index contributed by atoms with van der Waals surface area (Å²) in [7, 11) is 0. The maximum Gasteiger partial charge on any atom is 0.260 e. The molecule has 27 heavy (non-hydrogen) atoms. The molecule has 6 nitrogen and oxygen atoms in total. The van der Waals surface area contributed by atoms with E-state index in [1.165, 1.54) is 18.2 Å². The van der Waals surface area contributed by atoms with Gasteiger partial charge in [-0.1, -0.05) is 0 Å². The summed E-state index contributed by atoms with van der Waals surface area (Å²) >= 11 is 0. The van der Waals surface area contributed by atoms with Gasteiger partial charge in [-0.05, 0) is 42.5 Å². The first-order valence-electron chi connectivity index (χ1n) is 8.64. The Morgan fingerprint density at radius 3 is 3.00 bits per heavy atom. The highest BCUT2D eigenvalue weighted by molar-refractivity contribution is 5.98. The van der Waals surface area contributed by atoms with Crippen molar-refractivity contribution in [3.63, 3.8) is 0 Å². The van der Waals surface area contributed by atoms with Crippen LogP contribution in [0.3, 0.4) is 0 Å². The SMILES string of the molecule is O=C(NCCN1Cc2cc(F)ccc2OCC1=O)c1ccc2[nH]ccc2c1. The molecule has 7 heteroatoms. The third-order valence-corrected chi connectivity index (χ3v) is 4.57. The Kier molecular flexibility index (Phi) is 4.50. The van der Waals surface area contributed by atoms with Gasteiger partial charge in [-0.3, -0.25) is 9.59 Å². The molecule has 0 fully saturated rings. The molecule has 0 radical (unpaired) electrons. The number of aromatic nitrogens is 1. The molecule has 0 atom stereocenters. The summed E-state index contributed by atoms with van der Waals surface area (Å²) in [6.07, 6.45) is 1.82. The summed E-state index contributed by atoms with van der Waals surface area (Å²) in [6, 6.07) is 11.5. The monoisotopic (exact) mass is 367 g/mol. The number of benzene rings is 2. The maximum absolute atomic E-state index is 13.5. The molecular weight excluding hydrogens is 349 g/mol. The van der Waals surface area contributed by atoms with Gasteiger partial charge in [0.1, 0.15) is 11.6 Å². The molecule has 0 bridgehead atoms. The zero-order valence-electron chi connectivity index (χ0n) is 14.5. The van der Waals surface area contributed by atoms with E-state index in [9.17, 15) is 14.0 Å². The largest absolute Gasteiger partial charge is 0.483 e. The zero-order valence-corrected chi connectivity index (χ0v) is 14.5. The van der Waals surface area contributed by atoms with Crippen LogP contribution in [0.1, 0.15) is 15.9 Å². The number of rotatable bonds is 4. The molecule has 1 aromatic heterocycles. The molecule has 0 aliphatic carbocycles. The molecule has 2 amide bonds. The van der Waals surface area contributed by atoms with E-state index in [1.54, 1.807) is 11.0 Å². The minimum atomic E-state index is -0.375. The molecule has 1 aliphatic rings. The Labute approximate surface area is 154 Å². The van der Waals surface area contributed by atoms with E-state index in [0.29, 0.717) is 30.0 Å². The number of nitrogens with zero attached hydrogens (tertiary/aromatic N) is 1. The van der Waals surface area contributed by atoms with Crippen molar-refractivity contribution in [1.29, 1.82) is 0 Å². The highest BCUT2D eigenvalue weighted by Gasteiger charge is 2.21. The lowest BCUT2D eigenvalue weighted by Crippen LogP contribution is -2.39. The Bertz CT molecular complexity index is 1010. The average molecular weight is 367 g/mol. The van der Waals surface area contributed by atoms with Gasteiger partial charge in [-0.25, -0.2) is 4.39 Å². The minimum Gasteiger partial charge on any atom is -0.483 e. The van der Waals surface area contributed by atoms with Crippen molar-refractivity contribution in [3.05, 3.63) is 65.6 Å². The first-order chi connectivity index (χ1) is 13.1. The van der Waals surface area contributed by atoms with Gasteiger partial charge in [0.2, 0.25) is 0 Å². The van der Waals surface area contributed by atoms with Crippen molar-refractivity contribution in [2.75, 3.05) is 19.7 Å². The van der Waals surface area contributed by atoms with Gasteiger partial charge in [-0.15, -0.1) is 0 Å². The third kappa shape index (κ3) is 3.62. The maximum atomic E-state index is 13.5. The van der Waals surface area contributed by atoms with Crippen molar-refractivity contribution >= 4 is 22.7 Å². The van der Waals surface area contributed by atoms with Gasteiger partial charge >= 0.3 is 0 Å². The second-order valence-corrected chi connectivity index (χ2v) is 6.39. The molecule has 138 valence electrons. The predicted octanol–water partition coefficient (Wildman–Crippen LogP) is 2.46. The quantitative estimate of drug-likeness (QED) is 0.744. The normalized spacial score (nSPS) is 13.8. The molecule has 1 aliphatic heterocycles. The third-order valence-electron chi connectivity index (χ3n) is 4.57. The van der Waals surface area contributed by atoms with E-state index >= 15 is 0 Å². The average Bonchev–Trinajstić information content (AvgIpc) is 3.08. The molecule has 4 rings (SSSR count). The van der Waals surface area contributed by atoms with Crippen LogP contribution >= 0.6 is 0 Å². The van der Waals surface area contributed by atoms with Crippen LogP contribution in [0.2, 0.25) is 0 Å². The second kappa shape index (κ2) is 7.11. The number of fused-ring (bicyclic) bond motifs is 2. The number of nitrogens with one attached hydrogen (secondary N) is 2. The van der Waals surface area contributed by atoms with Crippen LogP contribution in [0.5, 0.6) is 5.75 Å². The first kappa shape index (κ1) is 17.1. The van der Waals surface area contributed by atoms with Gasteiger partial charge in [0.15, 0.2) is 6.61 Å². The lowest BCUT2D eigenvalue weighted by atomic mass is 10.1. The number of amides is 2. The molecule has 3 aromatic rings. The molecule has 2 aromatic carbocycles. The van der Waals surface area contributed by atoms with Crippen LogP contribution in [0, 0.1) is 5.82 Å². The van der Waals surface area contributed by atoms with E-state index in [-0.39, 0.29) is 30.8 Å². The van der Waals surface area contributed by atoms with Crippen LogP contribution in [0.15, 0.2) is 48.7 Å². The Hall–Kier alpha value is -3.35. The van der Waals surface area contributed by atoms with E-state index in [1.807, 2.05) is 24.4 Å². The number of hydrogen-bond donors (Lipinski definition) is 2. The van der Waals surface area contributed by atoms with Crippen molar-refractivity contribution < 1.29 is 18.7 Å². The number of carbonyl (C=O) groups is 2. The van der Waals surface area contributed by atoms with Gasteiger partial charge in [0.25, 0.3) is 11.8 Å². The summed E-state index contributed by atoms with van der Waals surface area (Å²) < 4.78 is 18.9. The Morgan fingerprint density at radius 1 is 1.22 bits per heavy atom. The van der Waals surface area contributed by atoms with E-state index in [0.717, 1.165) is 10.9 Å². The lowest BCUT2D eigenvalue weighted by Gasteiger charge is -2.20. The van der Waals surface area contributed by atoms with Crippen molar-refractivity contribution in [2.45, 2.75) is 6.54 Å². The van der Waals surface area contributed by atoms with Crippen molar-refractivity contribution in [3.8, 4) is 5.75 Å². The Morgan fingerprint density at radius 2 is 2.11 bits per heavy atom. The van der Waals surface area contributed by atoms with Crippen LogP contribution in [0.4, 0.5) is 4.39 Å². The first-order valence-corrected chi connectivity index (χ1v) is 8.64. The fourth-order valence-electron chi connectivity index (χ4n) is 3.14. The van der Waals surface area contributed by atoms with Gasteiger partial charge in [0, 0.05) is 47.9 Å². The number of hydrogen-bond acceptors (Lipinski definition) is 3. The van der Waals surface area contributed by atoms with E-state index in [4.69, 9.17) is 4.74 Å². The molecule has 0 saturated heterocycles. The van der Waals surface area contributed by atoms with Crippen LogP contribution in [-0.2, 0) is 11.3 Å². The number of carbonyl (C=O) groups excluding carboxylic acids is 2. The fraction of sp³-hybridized carbons (Fsp3) is 0.200. The summed E-state index contributed by atoms with van der Waals surface area (Å²) in [4.78, 5) is 29.2. The zero-order chi connectivity index (χ0) is 18.8. The lowest BCUT2D eigenvalue weighted by molar-refractivity contribution is -0.133. The standard InChI is InChI=1S/C20H18FN3O3/c21-16-2-4-18-15(10-16)11-24(19(25)12-27-18)8-7-23-20(26)14-1-3-17-13(9-14)5-6-22-17/h1-6,9-10,22H,7-8,11-12H2,(H,23,26). The molecule has 2 heterocycles. The predicted molar refractivity (Wildman–Crippen MR) is 97.9 cm³/mol. The molecule has 0 unspecified atom stereocenters. The second-order valence-electron chi connectivity index (χ2n) is 6.39. The summed E-state index contributed by atoms with van der Waals surface area (Å²) in [5, 5.41) is 3.78. The minimum absolute atomic E-state index is 0.100. The summed E-state index contributed by atoms with van der Waals surface area (Å²) in [5.74, 6) is -0.270. The smallest absolute Gasteiger partial charge is 0.260 e. The summed E-state index contributed by atoms with van der Waals surface area (Å²) in [5.41, 5.74) is 2.14. The van der Waals surface area contributed by atoms with Gasteiger partial charge in [-0.2, -0.15) is 0 Å². The van der Waals surface area contributed by atoms with Gasteiger partial charge in [0.05, 0.1) is 0 Å².